The third kappa shape index (κ3) is 3.00. The first-order valence-electron chi connectivity index (χ1n) is 9.37. The topological polar surface area (TPSA) is 90.0 Å². The fourth-order valence-electron chi connectivity index (χ4n) is 3.69. The van der Waals surface area contributed by atoms with Gasteiger partial charge >= 0.3 is 6.03 Å². The molecule has 2 aliphatic heterocycles. The number of nitrogens with one attached hydrogen (secondary N) is 2. The second kappa shape index (κ2) is 7.13. The van der Waals surface area contributed by atoms with Crippen LogP contribution >= 0.6 is 11.8 Å². The van der Waals surface area contributed by atoms with E-state index in [0.717, 1.165) is 10.7 Å². The van der Waals surface area contributed by atoms with Gasteiger partial charge < -0.3 is 10.3 Å². The van der Waals surface area contributed by atoms with Gasteiger partial charge in [0, 0.05) is 17.4 Å². The van der Waals surface area contributed by atoms with Crippen LogP contribution in [0.4, 0.5) is 20.7 Å². The molecule has 0 saturated carbocycles. The lowest BCUT2D eigenvalue weighted by Crippen LogP contribution is -2.55. The predicted molar refractivity (Wildman–Crippen MR) is 114 cm³/mol. The van der Waals surface area contributed by atoms with Gasteiger partial charge in [0.2, 0.25) is 0 Å². The normalized spacial score (nSPS) is 19.6. The van der Waals surface area contributed by atoms with Crippen molar-refractivity contribution >= 4 is 40.5 Å². The Hall–Kier alpha value is -3.40. The van der Waals surface area contributed by atoms with E-state index in [-0.39, 0.29) is 18.1 Å². The number of aromatic nitrogens is 4. The number of aromatic amines is 1. The third-order valence-corrected chi connectivity index (χ3v) is 6.14. The van der Waals surface area contributed by atoms with Crippen molar-refractivity contribution in [1.82, 2.24) is 24.8 Å². The molecule has 0 spiro atoms. The van der Waals surface area contributed by atoms with Gasteiger partial charge in [0.05, 0.1) is 17.4 Å². The van der Waals surface area contributed by atoms with Crippen molar-refractivity contribution in [3.8, 4) is 0 Å². The van der Waals surface area contributed by atoms with Gasteiger partial charge in [0.1, 0.15) is 17.7 Å². The number of benzene rings is 1. The van der Waals surface area contributed by atoms with Crippen LogP contribution in [0.15, 0.2) is 59.1 Å². The second-order valence-electron chi connectivity index (χ2n) is 7.10. The molecule has 2 aromatic heterocycles. The number of carbonyl (C=O) groups excluding carboxylic acids is 1. The van der Waals surface area contributed by atoms with Crippen molar-refractivity contribution in [2.75, 3.05) is 10.2 Å². The van der Waals surface area contributed by atoms with E-state index in [1.165, 1.54) is 30.2 Å². The molecule has 0 aliphatic carbocycles. The number of H-pyrrole nitrogens is 1. The van der Waals surface area contributed by atoms with E-state index < -0.39 is 5.82 Å². The molecule has 0 radical (unpaired) electrons. The summed E-state index contributed by atoms with van der Waals surface area (Å²) in [4.78, 5) is 32.3. The van der Waals surface area contributed by atoms with Crippen molar-refractivity contribution in [3.63, 3.8) is 0 Å². The van der Waals surface area contributed by atoms with E-state index >= 15 is 0 Å². The van der Waals surface area contributed by atoms with Crippen molar-refractivity contribution < 1.29 is 9.18 Å². The van der Waals surface area contributed by atoms with E-state index in [0.29, 0.717) is 22.7 Å². The van der Waals surface area contributed by atoms with Crippen molar-refractivity contribution in [2.45, 2.75) is 25.9 Å². The summed E-state index contributed by atoms with van der Waals surface area (Å²) in [5.74, 6) is 0.193. The summed E-state index contributed by atoms with van der Waals surface area (Å²) in [6.07, 6.45) is 5.02. The Kier molecular flexibility index (Phi) is 4.43. The average molecular weight is 423 g/mol. The predicted octanol–water partition coefficient (Wildman–Crippen LogP) is 4.05. The van der Waals surface area contributed by atoms with Crippen molar-refractivity contribution in [1.29, 1.82) is 0 Å². The van der Waals surface area contributed by atoms with Gasteiger partial charge in [-0.3, -0.25) is 9.80 Å². The summed E-state index contributed by atoms with van der Waals surface area (Å²) in [7, 11) is 0. The summed E-state index contributed by atoms with van der Waals surface area (Å²) in [6.45, 7) is 3.84. The molecular formula is C20H18FN7OS. The average Bonchev–Trinajstić information content (AvgIpc) is 3.35. The van der Waals surface area contributed by atoms with Gasteiger partial charge in [-0.15, -0.1) is 0 Å². The number of fused-ring (bicyclic) bond motifs is 2. The molecule has 1 unspecified atom stereocenters. The highest BCUT2D eigenvalue weighted by Crippen LogP contribution is 2.41. The SMILES string of the molecule is CC1=CSC2=C[C@@H](C(C)Nc3ncnc4nc[nH]c34)N(c3cccc(F)c3)C(=O)N12. The van der Waals surface area contributed by atoms with Crippen LogP contribution in [0.2, 0.25) is 0 Å². The van der Waals surface area contributed by atoms with Crippen LogP contribution in [0, 0.1) is 5.82 Å². The fraction of sp³-hybridized carbons (Fsp3) is 0.200. The standard InChI is InChI=1S/C20H18FN7OS/c1-11-8-30-16-7-15(12(2)26-19-17-18(23-9-22-17)24-10-25-19)28(20(29)27(11)16)14-5-3-4-13(21)6-14/h3-10,12,15H,1-2H3,(H2,22,23,24,25,26)/t12?,15-/m0/s1. The van der Waals surface area contributed by atoms with Gasteiger partial charge in [0.25, 0.3) is 0 Å². The van der Waals surface area contributed by atoms with Crippen LogP contribution in [0.1, 0.15) is 13.8 Å². The maximum Gasteiger partial charge on any atom is 0.334 e. The zero-order valence-electron chi connectivity index (χ0n) is 16.2. The number of imidazole rings is 1. The van der Waals surface area contributed by atoms with Gasteiger partial charge in [0.15, 0.2) is 11.5 Å². The molecule has 0 fully saturated rings. The van der Waals surface area contributed by atoms with Crippen LogP contribution in [0.3, 0.4) is 0 Å². The van der Waals surface area contributed by atoms with E-state index in [9.17, 15) is 9.18 Å². The quantitative estimate of drug-likeness (QED) is 0.658. The van der Waals surface area contributed by atoms with Gasteiger partial charge in [-0.25, -0.2) is 24.1 Å². The Balaban J connectivity index is 1.55. The molecule has 5 rings (SSSR count). The molecule has 1 aromatic carbocycles. The minimum Gasteiger partial charge on any atom is -0.363 e. The molecule has 152 valence electrons. The number of halogens is 1. The van der Waals surface area contributed by atoms with Crippen LogP contribution in [0.25, 0.3) is 11.2 Å². The Morgan fingerprint density at radius 2 is 2.17 bits per heavy atom. The number of allylic oxidation sites excluding steroid dienone is 1. The Bertz CT molecular complexity index is 1210. The van der Waals surface area contributed by atoms with E-state index in [4.69, 9.17) is 0 Å². The molecule has 4 heterocycles. The van der Waals surface area contributed by atoms with Crippen LogP contribution < -0.4 is 10.2 Å². The Morgan fingerprint density at radius 1 is 1.30 bits per heavy atom. The molecule has 0 saturated heterocycles. The van der Waals surface area contributed by atoms with Crippen molar-refractivity contribution in [3.05, 3.63) is 64.9 Å². The molecule has 10 heteroatoms. The van der Waals surface area contributed by atoms with Crippen LogP contribution in [-0.4, -0.2) is 43.0 Å². The number of rotatable bonds is 4. The van der Waals surface area contributed by atoms with Gasteiger partial charge in [-0.1, -0.05) is 17.8 Å². The summed E-state index contributed by atoms with van der Waals surface area (Å²) < 4.78 is 14.0. The molecule has 8 nitrogen and oxygen atoms in total. The van der Waals surface area contributed by atoms with Gasteiger partial charge in [-0.2, -0.15) is 0 Å². The fourth-order valence-corrected chi connectivity index (χ4v) is 4.63. The highest BCUT2D eigenvalue weighted by molar-refractivity contribution is 8.06. The third-order valence-electron chi connectivity index (χ3n) is 5.12. The number of thioether (sulfide) groups is 1. The largest absolute Gasteiger partial charge is 0.363 e. The Labute approximate surface area is 175 Å². The minimum atomic E-state index is -0.396. The maximum atomic E-state index is 14.0. The zero-order valence-corrected chi connectivity index (χ0v) is 17.0. The van der Waals surface area contributed by atoms with E-state index in [1.54, 1.807) is 28.3 Å². The maximum absolute atomic E-state index is 14.0. The molecule has 2 N–H and O–H groups in total. The number of hydrogen-bond donors (Lipinski definition) is 2. The number of amides is 2. The summed E-state index contributed by atoms with van der Waals surface area (Å²) >= 11 is 1.50. The summed E-state index contributed by atoms with van der Waals surface area (Å²) in [5, 5.41) is 6.15. The number of hydrogen-bond acceptors (Lipinski definition) is 6. The smallest absolute Gasteiger partial charge is 0.334 e. The van der Waals surface area contributed by atoms with Crippen LogP contribution in [0.5, 0.6) is 0 Å². The second-order valence-corrected chi connectivity index (χ2v) is 7.99. The monoisotopic (exact) mass is 423 g/mol. The highest BCUT2D eigenvalue weighted by Gasteiger charge is 2.40. The molecule has 30 heavy (non-hydrogen) atoms. The summed E-state index contributed by atoms with van der Waals surface area (Å²) in [5.41, 5.74) is 2.57. The zero-order chi connectivity index (χ0) is 20.8. The summed E-state index contributed by atoms with van der Waals surface area (Å²) in [6, 6.07) is 5.25. The lowest BCUT2D eigenvalue weighted by molar-refractivity contribution is 0.224. The first-order valence-corrected chi connectivity index (χ1v) is 10.3. The lowest BCUT2D eigenvalue weighted by atomic mass is 10.0. The van der Waals surface area contributed by atoms with E-state index in [2.05, 4.69) is 25.3 Å². The first-order chi connectivity index (χ1) is 14.5. The number of anilines is 2. The molecule has 2 amide bonds. The minimum absolute atomic E-state index is 0.218. The first kappa shape index (κ1) is 18.6. The Morgan fingerprint density at radius 3 is 3.00 bits per heavy atom. The molecular weight excluding hydrogens is 405 g/mol. The highest BCUT2D eigenvalue weighted by atomic mass is 32.2. The van der Waals surface area contributed by atoms with E-state index in [1.807, 2.05) is 25.3 Å². The number of carbonyl (C=O) groups is 1. The molecule has 2 atom stereocenters. The number of nitrogens with zero attached hydrogens (tertiary/aromatic N) is 5. The molecule has 2 aliphatic rings. The molecule has 3 aromatic rings. The van der Waals surface area contributed by atoms with Crippen LogP contribution in [-0.2, 0) is 0 Å². The lowest BCUT2D eigenvalue weighted by Gasteiger charge is -2.41. The van der Waals surface area contributed by atoms with Crippen molar-refractivity contribution in [2.24, 2.45) is 0 Å². The number of urea groups is 1. The van der Waals surface area contributed by atoms with Gasteiger partial charge in [-0.05, 0) is 43.5 Å². The molecule has 0 bridgehead atoms.